The minimum atomic E-state index is -0.0534. The summed E-state index contributed by atoms with van der Waals surface area (Å²) in [5.41, 5.74) is 0.578. The van der Waals surface area contributed by atoms with Gasteiger partial charge in [-0.05, 0) is 12.1 Å². The largest absolute Gasteiger partial charge is 0.494 e. The quantitative estimate of drug-likeness (QED) is 0.888. The molecule has 1 fully saturated rings. The second-order valence-electron chi connectivity index (χ2n) is 4.45. The fraction of sp³-hybridized carbons (Fsp3) is 0.462. The number of nitrogens with one attached hydrogen (secondary N) is 2. The summed E-state index contributed by atoms with van der Waals surface area (Å²) in [5, 5.41) is 6.89. The molecule has 4 nitrogen and oxygen atoms in total. The molecule has 1 heterocycles. The van der Waals surface area contributed by atoms with Crippen molar-refractivity contribution in [3.63, 3.8) is 0 Å². The number of hydrogen-bond donors (Lipinski definition) is 2. The van der Waals surface area contributed by atoms with Crippen molar-refractivity contribution in [3.05, 3.63) is 22.2 Å². The smallest absolute Gasteiger partial charge is 0.225 e. The van der Waals surface area contributed by atoms with Gasteiger partial charge < -0.3 is 15.4 Å². The SMILES string of the molecule is COc1c(Cl)cc(NC(=O)C[C@H]2CSCCN2)cc1Cl. The maximum atomic E-state index is 12.0. The molecule has 0 unspecified atom stereocenters. The van der Waals surface area contributed by atoms with E-state index in [-0.39, 0.29) is 11.9 Å². The Balaban J connectivity index is 1.97. The fourth-order valence-corrected chi connectivity index (χ4v) is 3.60. The molecule has 1 saturated heterocycles. The van der Waals surface area contributed by atoms with Crippen LogP contribution < -0.4 is 15.4 Å². The summed E-state index contributed by atoms with van der Waals surface area (Å²) in [6.45, 7) is 0.947. The summed E-state index contributed by atoms with van der Waals surface area (Å²) in [5.74, 6) is 2.42. The van der Waals surface area contributed by atoms with E-state index in [1.807, 2.05) is 11.8 Å². The van der Waals surface area contributed by atoms with E-state index < -0.39 is 0 Å². The monoisotopic (exact) mass is 334 g/mol. The van der Waals surface area contributed by atoms with Crippen LogP contribution in [0.1, 0.15) is 6.42 Å². The molecule has 1 aromatic carbocycles. The molecule has 20 heavy (non-hydrogen) atoms. The van der Waals surface area contributed by atoms with Gasteiger partial charge in [0.25, 0.3) is 0 Å². The van der Waals surface area contributed by atoms with Crippen molar-refractivity contribution in [2.75, 3.05) is 30.5 Å². The van der Waals surface area contributed by atoms with Gasteiger partial charge in [0.05, 0.1) is 17.2 Å². The number of hydrogen-bond acceptors (Lipinski definition) is 4. The molecule has 1 aromatic rings. The molecule has 1 atom stereocenters. The molecule has 0 saturated carbocycles. The minimum absolute atomic E-state index is 0.0534. The summed E-state index contributed by atoms with van der Waals surface area (Å²) in [6.07, 6.45) is 0.439. The van der Waals surface area contributed by atoms with Crippen LogP contribution in [0, 0.1) is 0 Å². The van der Waals surface area contributed by atoms with Gasteiger partial charge in [0.2, 0.25) is 5.91 Å². The predicted molar refractivity (Wildman–Crippen MR) is 85.4 cm³/mol. The van der Waals surface area contributed by atoms with Crippen LogP contribution in [-0.4, -0.2) is 37.1 Å². The lowest BCUT2D eigenvalue weighted by atomic mass is 10.2. The van der Waals surface area contributed by atoms with Gasteiger partial charge in [0.1, 0.15) is 0 Å². The van der Waals surface area contributed by atoms with Crippen LogP contribution in [0.3, 0.4) is 0 Å². The highest BCUT2D eigenvalue weighted by Crippen LogP contribution is 2.35. The standard InChI is InChI=1S/C13H16Cl2N2O2S/c1-19-13-10(14)4-8(5-11(13)15)17-12(18)6-9-7-20-3-2-16-9/h4-5,9,16H,2-3,6-7H2,1H3,(H,17,18)/t9-/m0/s1. The van der Waals surface area contributed by atoms with E-state index in [0.29, 0.717) is 27.9 Å². The Morgan fingerprint density at radius 1 is 1.50 bits per heavy atom. The molecule has 0 spiro atoms. The Kier molecular flexibility index (Phi) is 5.84. The van der Waals surface area contributed by atoms with Crippen LogP contribution in [0.2, 0.25) is 10.0 Å². The molecule has 1 aliphatic heterocycles. The Labute approximate surface area is 132 Å². The molecule has 0 bridgehead atoms. The number of halogens is 2. The summed E-state index contributed by atoms with van der Waals surface area (Å²) in [7, 11) is 1.50. The topological polar surface area (TPSA) is 50.4 Å². The summed E-state index contributed by atoms with van der Waals surface area (Å²) in [6, 6.07) is 3.48. The molecule has 1 amide bonds. The Bertz CT molecular complexity index is 470. The Hall–Kier alpha value is -0.620. The number of rotatable bonds is 4. The van der Waals surface area contributed by atoms with Gasteiger partial charge >= 0.3 is 0 Å². The lowest BCUT2D eigenvalue weighted by Crippen LogP contribution is -2.39. The molecule has 0 radical (unpaired) electrons. The first-order chi connectivity index (χ1) is 9.60. The zero-order chi connectivity index (χ0) is 14.5. The number of carbonyl (C=O) groups excluding carboxylic acids is 1. The first kappa shape index (κ1) is 15.8. The minimum Gasteiger partial charge on any atom is -0.494 e. The third kappa shape index (κ3) is 4.19. The highest BCUT2D eigenvalue weighted by atomic mass is 35.5. The van der Waals surface area contributed by atoms with Crippen LogP contribution in [0.5, 0.6) is 5.75 Å². The Morgan fingerprint density at radius 2 is 2.20 bits per heavy atom. The van der Waals surface area contributed by atoms with Crippen LogP contribution in [0.25, 0.3) is 0 Å². The molecule has 0 aliphatic carbocycles. The van der Waals surface area contributed by atoms with E-state index in [0.717, 1.165) is 18.1 Å². The highest BCUT2D eigenvalue weighted by Gasteiger charge is 2.17. The zero-order valence-electron chi connectivity index (χ0n) is 11.0. The first-order valence-corrected chi connectivity index (χ1v) is 8.15. The van der Waals surface area contributed by atoms with E-state index >= 15 is 0 Å². The van der Waals surface area contributed by atoms with Gasteiger partial charge in [-0.15, -0.1) is 0 Å². The lowest BCUT2D eigenvalue weighted by molar-refractivity contribution is -0.116. The van der Waals surface area contributed by atoms with E-state index in [9.17, 15) is 4.79 Å². The number of thioether (sulfide) groups is 1. The van der Waals surface area contributed by atoms with Gasteiger partial charge in [-0.3, -0.25) is 4.79 Å². The molecular weight excluding hydrogens is 319 g/mol. The fourth-order valence-electron chi connectivity index (χ4n) is 2.01. The van der Waals surface area contributed by atoms with Crippen LogP contribution in [0.4, 0.5) is 5.69 Å². The van der Waals surface area contributed by atoms with Crippen molar-refractivity contribution in [2.24, 2.45) is 0 Å². The number of amides is 1. The second kappa shape index (κ2) is 7.41. The van der Waals surface area contributed by atoms with Crippen LogP contribution >= 0.6 is 35.0 Å². The number of benzene rings is 1. The molecule has 110 valence electrons. The highest BCUT2D eigenvalue weighted by molar-refractivity contribution is 7.99. The third-order valence-corrected chi connectivity index (χ3v) is 4.61. The average molecular weight is 335 g/mol. The van der Waals surface area contributed by atoms with E-state index in [1.54, 1.807) is 12.1 Å². The van der Waals surface area contributed by atoms with Crippen molar-refractivity contribution < 1.29 is 9.53 Å². The van der Waals surface area contributed by atoms with Crippen molar-refractivity contribution in [1.29, 1.82) is 0 Å². The second-order valence-corrected chi connectivity index (χ2v) is 6.42. The lowest BCUT2D eigenvalue weighted by Gasteiger charge is -2.22. The molecule has 7 heteroatoms. The number of ether oxygens (including phenoxy) is 1. The molecular formula is C13H16Cl2N2O2S. The van der Waals surface area contributed by atoms with Crippen molar-refractivity contribution in [3.8, 4) is 5.75 Å². The normalized spacial score (nSPS) is 18.6. The van der Waals surface area contributed by atoms with Gasteiger partial charge in [-0.25, -0.2) is 0 Å². The predicted octanol–water partition coefficient (Wildman–Crippen LogP) is 3.04. The summed E-state index contributed by atoms with van der Waals surface area (Å²) >= 11 is 13.9. The molecule has 0 aromatic heterocycles. The summed E-state index contributed by atoms with van der Waals surface area (Å²) in [4.78, 5) is 12.0. The molecule has 1 aliphatic rings. The van der Waals surface area contributed by atoms with Gasteiger partial charge in [-0.2, -0.15) is 11.8 Å². The van der Waals surface area contributed by atoms with Gasteiger partial charge in [0.15, 0.2) is 5.75 Å². The maximum Gasteiger partial charge on any atom is 0.225 e. The average Bonchev–Trinajstić information content (AvgIpc) is 2.39. The van der Waals surface area contributed by atoms with Gasteiger partial charge in [0, 0.05) is 36.2 Å². The van der Waals surface area contributed by atoms with E-state index in [1.165, 1.54) is 7.11 Å². The third-order valence-electron chi connectivity index (χ3n) is 2.92. The van der Waals surface area contributed by atoms with Crippen LogP contribution in [-0.2, 0) is 4.79 Å². The maximum absolute atomic E-state index is 12.0. The van der Waals surface area contributed by atoms with E-state index in [4.69, 9.17) is 27.9 Å². The number of methoxy groups -OCH3 is 1. The van der Waals surface area contributed by atoms with Crippen LogP contribution in [0.15, 0.2) is 12.1 Å². The Morgan fingerprint density at radius 3 is 2.75 bits per heavy atom. The van der Waals surface area contributed by atoms with Gasteiger partial charge in [-0.1, -0.05) is 23.2 Å². The number of anilines is 1. The van der Waals surface area contributed by atoms with E-state index in [2.05, 4.69) is 10.6 Å². The van der Waals surface area contributed by atoms with Crippen molar-refractivity contribution >= 4 is 46.6 Å². The molecule has 2 N–H and O–H groups in total. The molecule has 2 rings (SSSR count). The zero-order valence-corrected chi connectivity index (χ0v) is 13.4. The summed E-state index contributed by atoms with van der Waals surface area (Å²) < 4.78 is 5.07. The van der Waals surface area contributed by atoms with Crippen molar-refractivity contribution in [1.82, 2.24) is 5.32 Å². The number of carbonyl (C=O) groups is 1. The van der Waals surface area contributed by atoms with Crippen molar-refractivity contribution in [2.45, 2.75) is 12.5 Å². The first-order valence-electron chi connectivity index (χ1n) is 6.24.